The molecule has 208 valence electrons. The van der Waals surface area contributed by atoms with E-state index in [1.165, 1.54) is 39.0 Å². The average Bonchev–Trinajstić information content (AvgIpc) is 3.39. The summed E-state index contributed by atoms with van der Waals surface area (Å²) in [5.74, 6) is 0.911. The van der Waals surface area contributed by atoms with E-state index in [1.807, 2.05) is 36.4 Å². The highest BCUT2D eigenvalue weighted by Crippen LogP contribution is 2.39. The topological polar surface area (TPSA) is 105 Å². The van der Waals surface area contributed by atoms with Gasteiger partial charge in [0.05, 0.1) is 38.1 Å². The molecule has 1 aliphatic heterocycles. The molecule has 0 unspecified atom stereocenters. The van der Waals surface area contributed by atoms with Crippen LogP contribution >= 0.6 is 0 Å². The van der Waals surface area contributed by atoms with Crippen LogP contribution in [0.15, 0.2) is 61.1 Å². The van der Waals surface area contributed by atoms with Crippen molar-refractivity contribution in [3.8, 4) is 16.9 Å². The fourth-order valence-corrected chi connectivity index (χ4v) is 6.58. The van der Waals surface area contributed by atoms with Crippen molar-refractivity contribution in [2.75, 3.05) is 51.4 Å². The zero-order valence-corrected chi connectivity index (χ0v) is 23.4. The maximum atomic E-state index is 12.8. The molecule has 0 radical (unpaired) electrons. The largest absolute Gasteiger partial charge is 0.495 e. The van der Waals surface area contributed by atoms with Crippen molar-refractivity contribution in [2.45, 2.75) is 37.8 Å². The molecule has 4 aromatic rings. The highest BCUT2D eigenvalue weighted by atomic mass is 16.5. The first-order valence-electron chi connectivity index (χ1n) is 14.4. The van der Waals surface area contributed by atoms with Gasteiger partial charge in [-0.2, -0.15) is 0 Å². The van der Waals surface area contributed by atoms with Crippen molar-refractivity contribution < 1.29 is 24.3 Å². The third kappa shape index (κ3) is 5.14. The molecule has 9 heteroatoms. The number of methoxy groups -OCH3 is 1. The summed E-state index contributed by atoms with van der Waals surface area (Å²) in [5.41, 5.74) is 10.6. The average molecular weight is 543 g/mol. The second kappa shape index (κ2) is 11.3. The molecule has 40 heavy (non-hydrogen) atoms. The molecule has 2 fully saturated rings. The minimum Gasteiger partial charge on any atom is -0.495 e. The highest BCUT2D eigenvalue weighted by molar-refractivity contribution is 6.05. The number of rotatable bonds is 6. The van der Waals surface area contributed by atoms with E-state index in [2.05, 4.69) is 33.1 Å². The number of fused-ring (bicyclic) bond motifs is 1. The number of hydrogen-bond donors (Lipinski definition) is 4. The lowest BCUT2D eigenvalue weighted by atomic mass is 9.89. The molecule has 1 saturated carbocycles. The molecule has 0 bridgehead atoms. The van der Waals surface area contributed by atoms with Gasteiger partial charge in [-0.3, -0.25) is 9.36 Å². The van der Waals surface area contributed by atoms with Crippen LogP contribution in [0.4, 0.5) is 11.5 Å². The predicted octanol–water partition coefficient (Wildman–Crippen LogP) is 1.26. The van der Waals surface area contributed by atoms with Gasteiger partial charge in [0.25, 0.3) is 5.91 Å². The summed E-state index contributed by atoms with van der Waals surface area (Å²) in [6.45, 7) is 5.13. The Kier molecular flexibility index (Phi) is 7.40. The van der Waals surface area contributed by atoms with Gasteiger partial charge in [0, 0.05) is 24.0 Å². The number of nitrogens with two attached hydrogens (primary N) is 1. The molecule has 9 nitrogen and oxygen atoms in total. The summed E-state index contributed by atoms with van der Waals surface area (Å²) in [7, 11) is 3.93. The van der Waals surface area contributed by atoms with Crippen molar-refractivity contribution in [1.29, 1.82) is 0 Å². The maximum absolute atomic E-state index is 12.8. The lowest BCUT2D eigenvalue weighted by Crippen LogP contribution is -3.28. The highest BCUT2D eigenvalue weighted by Gasteiger charge is 2.35. The Bertz CT molecular complexity index is 1490. The molecule has 6 N–H and O–H groups in total. The molecule has 3 heterocycles. The van der Waals surface area contributed by atoms with Crippen molar-refractivity contribution in [3.05, 3.63) is 66.6 Å². The van der Waals surface area contributed by atoms with E-state index in [4.69, 9.17) is 10.5 Å². The molecule has 2 aromatic carbocycles. The number of nitrogen functional groups attached to an aromatic ring is 1. The van der Waals surface area contributed by atoms with Gasteiger partial charge < -0.3 is 25.6 Å². The number of anilines is 2. The number of H-pyrrole nitrogens is 1. The fourth-order valence-electron chi connectivity index (χ4n) is 6.58. The lowest BCUT2D eigenvalue weighted by Gasteiger charge is -2.36. The minimum atomic E-state index is -0.179. The number of aromatic nitrogens is 3. The normalized spacial score (nSPS) is 23.1. The van der Waals surface area contributed by atoms with Gasteiger partial charge in [0.2, 0.25) is 17.8 Å². The zero-order chi connectivity index (χ0) is 27.6. The smallest absolute Gasteiger partial charge is 0.255 e. The number of likely N-dealkylation sites (N-methyl/N-ethyl adjacent to an activating group) is 1. The molecule has 0 spiro atoms. The maximum Gasteiger partial charge on any atom is 0.255 e. The molecule has 1 aliphatic carbocycles. The van der Waals surface area contributed by atoms with Gasteiger partial charge in [0.1, 0.15) is 37.3 Å². The number of nitrogens with zero attached hydrogens (tertiary/aromatic N) is 2. The number of hydrogen-bond acceptors (Lipinski definition) is 4. The van der Waals surface area contributed by atoms with Gasteiger partial charge in [-0.15, -0.1) is 0 Å². The van der Waals surface area contributed by atoms with Crippen molar-refractivity contribution >= 4 is 28.4 Å². The first-order valence-corrected chi connectivity index (χ1v) is 14.4. The quantitative estimate of drug-likeness (QED) is 0.294. The molecule has 1 saturated heterocycles. The summed E-state index contributed by atoms with van der Waals surface area (Å²) >= 11 is 0. The summed E-state index contributed by atoms with van der Waals surface area (Å²) < 4.78 is 8.08. The number of carbonyl (C=O) groups excluding carboxylic acids is 1. The molecule has 6 rings (SSSR count). The van der Waals surface area contributed by atoms with Crippen LogP contribution < -0.4 is 30.6 Å². The molecule has 1 amide bonds. The van der Waals surface area contributed by atoms with Gasteiger partial charge in [-0.1, -0.05) is 29.2 Å². The van der Waals surface area contributed by atoms with Crippen LogP contribution in [-0.4, -0.2) is 61.8 Å². The van der Waals surface area contributed by atoms with E-state index >= 15 is 0 Å². The first kappa shape index (κ1) is 26.3. The van der Waals surface area contributed by atoms with Crippen LogP contribution in [0.3, 0.4) is 0 Å². The Hall–Kier alpha value is -3.95. The molecular weight excluding hydrogens is 502 g/mol. The van der Waals surface area contributed by atoms with Crippen LogP contribution in [0, 0.1) is 0 Å². The molecule has 2 aliphatic rings. The van der Waals surface area contributed by atoms with E-state index in [0.29, 0.717) is 28.9 Å². The standard InChI is InChI=1S/C31H37N7O2/c1-36-14-16-37(17-15-36)23-9-11-24(12-10-23)38-19-25(28-29(32)33-20-34-30(28)38)22-8-13-26(27(18-22)40-2)35-31(39)21-6-4-3-5-7-21/h3-8,13,18-20,23-24H,9-12,14-17H2,1-2H3,(H,35,39)(H2,32,33,34)/p+3. The van der Waals surface area contributed by atoms with Gasteiger partial charge in [-0.05, 0) is 42.7 Å². The van der Waals surface area contributed by atoms with E-state index < -0.39 is 0 Å². The number of quaternary nitrogens is 2. The molecule has 0 atom stereocenters. The van der Waals surface area contributed by atoms with Gasteiger partial charge in [0.15, 0.2) is 0 Å². The SMILES string of the molecule is COc1cc(-c2cn(C3CCC([NH+]4CC[NH+](C)CC4)CC3)c3[nH+]cnc(N)c23)ccc1NC(=O)c1ccccc1. The van der Waals surface area contributed by atoms with Crippen LogP contribution in [0.1, 0.15) is 42.1 Å². The number of piperazine rings is 1. The second-order valence-electron chi connectivity index (χ2n) is 11.3. The van der Waals surface area contributed by atoms with Gasteiger partial charge >= 0.3 is 0 Å². The van der Waals surface area contributed by atoms with Crippen molar-refractivity contribution in [1.82, 2.24) is 9.55 Å². The number of amides is 1. The Labute approximate surface area is 235 Å². The number of aromatic amines is 1. The monoisotopic (exact) mass is 542 g/mol. The number of nitrogens with one attached hydrogen (secondary N) is 4. The predicted molar refractivity (Wildman–Crippen MR) is 156 cm³/mol. The van der Waals surface area contributed by atoms with Crippen LogP contribution in [0.25, 0.3) is 22.2 Å². The third-order valence-electron chi connectivity index (χ3n) is 8.90. The third-order valence-corrected chi connectivity index (χ3v) is 8.90. The summed E-state index contributed by atoms with van der Waals surface area (Å²) in [5, 5.41) is 3.90. The molecule has 2 aromatic heterocycles. The van der Waals surface area contributed by atoms with Crippen molar-refractivity contribution in [2.24, 2.45) is 0 Å². The number of carbonyl (C=O) groups is 1. The summed E-state index contributed by atoms with van der Waals surface area (Å²) in [4.78, 5) is 24.0. The fraction of sp³-hybridized carbons (Fsp3) is 0.387. The van der Waals surface area contributed by atoms with E-state index in [-0.39, 0.29) is 5.91 Å². The minimum absolute atomic E-state index is 0.179. The second-order valence-corrected chi connectivity index (χ2v) is 11.3. The lowest BCUT2D eigenvalue weighted by molar-refractivity contribution is -1.02. The van der Waals surface area contributed by atoms with Crippen LogP contribution in [-0.2, 0) is 0 Å². The van der Waals surface area contributed by atoms with Crippen LogP contribution in [0.2, 0.25) is 0 Å². The Morgan fingerprint density at radius 3 is 2.55 bits per heavy atom. The summed E-state index contributed by atoms with van der Waals surface area (Å²) in [6, 6.07) is 16.2. The number of ether oxygens (including phenoxy) is 1. The van der Waals surface area contributed by atoms with E-state index in [9.17, 15) is 4.79 Å². The Morgan fingerprint density at radius 1 is 1.07 bits per heavy atom. The zero-order valence-electron chi connectivity index (χ0n) is 23.4. The van der Waals surface area contributed by atoms with Crippen molar-refractivity contribution in [3.63, 3.8) is 0 Å². The first-order chi connectivity index (χ1) is 19.5. The van der Waals surface area contributed by atoms with Gasteiger partial charge in [-0.25, -0.2) is 4.98 Å². The Balaban J connectivity index is 1.27. The molecular formula is C31H40N7O2+3. The van der Waals surface area contributed by atoms with E-state index in [0.717, 1.165) is 41.0 Å². The van der Waals surface area contributed by atoms with E-state index in [1.54, 1.807) is 35.4 Å². The number of benzene rings is 2. The Morgan fingerprint density at radius 2 is 1.82 bits per heavy atom. The van der Waals surface area contributed by atoms with Crippen LogP contribution in [0.5, 0.6) is 5.75 Å². The summed E-state index contributed by atoms with van der Waals surface area (Å²) in [6.07, 6.45) is 8.71.